The van der Waals surface area contributed by atoms with Crippen LogP contribution in [0.1, 0.15) is 13.8 Å². The summed E-state index contributed by atoms with van der Waals surface area (Å²) in [6, 6.07) is 10.1. The Balaban J connectivity index is 1.89. The van der Waals surface area contributed by atoms with Crippen molar-refractivity contribution in [3.8, 4) is 5.75 Å². The minimum Gasteiger partial charge on any atom is -0.493 e. The molecule has 1 aliphatic heterocycles. The van der Waals surface area contributed by atoms with Gasteiger partial charge in [0, 0.05) is 16.9 Å². The van der Waals surface area contributed by atoms with Crippen molar-refractivity contribution in [1.29, 1.82) is 0 Å². The van der Waals surface area contributed by atoms with Crippen LogP contribution < -0.4 is 4.74 Å². The highest BCUT2D eigenvalue weighted by atomic mass is 32.2. The number of para-hydroxylation sites is 1. The molecule has 1 heterocycles. The molecule has 0 unspecified atom stereocenters. The highest BCUT2D eigenvalue weighted by Crippen LogP contribution is 2.44. The molecule has 0 aromatic heterocycles. The van der Waals surface area contributed by atoms with Gasteiger partial charge in [-0.3, -0.25) is 0 Å². The summed E-state index contributed by atoms with van der Waals surface area (Å²) in [6.45, 7) is 5.39. The molecule has 0 saturated carbocycles. The molecule has 1 fully saturated rings. The Hall–Kier alpha value is -0.280. The Morgan fingerprint density at radius 3 is 2.44 bits per heavy atom. The van der Waals surface area contributed by atoms with Crippen molar-refractivity contribution in [3.63, 3.8) is 0 Å². The van der Waals surface area contributed by atoms with Gasteiger partial charge in [-0.2, -0.15) is 0 Å². The van der Waals surface area contributed by atoms with Crippen LogP contribution in [0.25, 0.3) is 0 Å². The Morgan fingerprint density at radius 1 is 1.19 bits per heavy atom. The van der Waals surface area contributed by atoms with Crippen LogP contribution in [0.2, 0.25) is 0 Å². The molecule has 1 saturated heterocycles. The largest absolute Gasteiger partial charge is 0.493 e. The fourth-order valence-electron chi connectivity index (χ4n) is 1.66. The molecule has 0 spiro atoms. The number of thioether (sulfide) groups is 2. The standard InChI is InChI=1S/C13H18OS2/c1-13(2,12-15-8-9-16-12)10-14-11-6-4-3-5-7-11/h3-7,12H,8-10H2,1-2H3. The Morgan fingerprint density at radius 2 is 1.81 bits per heavy atom. The van der Waals surface area contributed by atoms with E-state index >= 15 is 0 Å². The monoisotopic (exact) mass is 254 g/mol. The van der Waals surface area contributed by atoms with Crippen molar-refractivity contribution in [2.75, 3.05) is 18.1 Å². The molecule has 0 aliphatic carbocycles. The van der Waals surface area contributed by atoms with Crippen molar-refractivity contribution in [2.24, 2.45) is 5.41 Å². The van der Waals surface area contributed by atoms with E-state index in [1.165, 1.54) is 11.5 Å². The summed E-state index contributed by atoms with van der Waals surface area (Å²) in [6.07, 6.45) is 0. The van der Waals surface area contributed by atoms with Crippen molar-refractivity contribution in [3.05, 3.63) is 30.3 Å². The topological polar surface area (TPSA) is 9.23 Å². The van der Waals surface area contributed by atoms with E-state index < -0.39 is 0 Å². The first kappa shape index (κ1) is 12.2. The van der Waals surface area contributed by atoms with Gasteiger partial charge < -0.3 is 4.74 Å². The van der Waals surface area contributed by atoms with Crippen LogP contribution in [0.3, 0.4) is 0 Å². The molecule has 0 atom stereocenters. The van der Waals surface area contributed by atoms with E-state index in [0.717, 1.165) is 12.4 Å². The number of hydrogen-bond acceptors (Lipinski definition) is 3. The van der Waals surface area contributed by atoms with Gasteiger partial charge in [0.15, 0.2) is 0 Å². The van der Waals surface area contributed by atoms with Gasteiger partial charge in [0.1, 0.15) is 5.75 Å². The smallest absolute Gasteiger partial charge is 0.119 e. The summed E-state index contributed by atoms with van der Waals surface area (Å²) < 4.78 is 6.53. The molecule has 3 heteroatoms. The Labute approximate surface area is 106 Å². The summed E-state index contributed by atoms with van der Waals surface area (Å²) in [7, 11) is 0. The average molecular weight is 254 g/mol. The molecule has 1 nitrogen and oxygen atoms in total. The van der Waals surface area contributed by atoms with Gasteiger partial charge >= 0.3 is 0 Å². The second kappa shape index (κ2) is 5.37. The molecule has 2 rings (SSSR count). The zero-order valence-corrected chi connectivity index (χ0v) is 11.4. The minimum atomic E-state index is 0.238. The van der Waals surface area contributed by atoms with E-state index in [-0.39, 0.29) is 5.41 Å². The normalized spacial score (nSPS) is 17.6. The maximum absolute atomic E-state index is 5.86. The summed E-state index contributed by atoms with van der Waals surface area (Å²) in [4.78, 5) is 0. The number of benzene rings is 1. The molecular weight excluding hydrogens is 236 g/mol. The second-order valence-electron chi connectivity index (χ2n) is 4.66. The third-order valence-corrected chi connectivity index (χ3v) is 6.45. The second-order valence-corrected chi connectivity index (χ2v) is 7.39. The van der Waals surface area contributed by atoms with E-state index in [9.17, 15) is 0 Å². The third-order valence-electron chi connectivity index (χ3n) is 2.61. The summed E-state index contributed by atoms with van der Waals surface area (Å²) in [5, 5.41) is 0. The highest BCUT2D eigenvalue weighted by Gasteiger charge is 2.33. The fraction of sp³-hybridized carbons (Fsp3) is 0.538. The van der Waals surface area contributed by atoms with E-state index in [1.54, 1.807) is 0 Å². The first-order valence-electron chi connectivity index (χ1n) is 5.59. The predicted molar refractivity (Wildman–Crippen MR) is 74.4 cm³/mol. The first-order chi connectivity index (χ1) is 7.68. The molecule has 0 radical (unpaired) electrons. The van der Waals surface area contributed by atoms with E-state index in [4.69, 9.17) is 4.74 Å². The van der Waals surface area contributed by atoms with E-state index in [2.05, 4.69) is 37.4 Å². The van der Waals surface area contributed by atoms with Crippen molar-refractivity contribution >= 4 is 23.5 Å². The van der Waals surface area contributed by atoms with Gasteiger partial charge in [-0.15, -0.1) is 23.5 Å². The van der Waals surface area contributed by atoms with Crippen molar-refractivity contribution < 1.29 is 4.74 Å². The summed E-state index contributed by atoms with van der Waals surface area (Å²) >= 11 is 4.13. The molecule has 88 valence electrons. The SMILES string of the molecule is CC(C)(COc1ccccc1)C1SCCS1. The molecule has 0 N–H and O–H groups in total. The van der Waals surface area contributed by atoms with Crippen LogP contribution in [0.5, 0.6) is 5.75 Å². The summed E-state index contributed by atoms with van der Waals surface area (Å²) in [5.74, 6) is 3.54. The third kappa shape index (κ3) is 3.11. The van der Waals surface area contributed by atoms with Crippen LogP contribution in [0.4, 0.5) is 0 Å². The Kier molecular flexibility index (Phi) is 4.09. The highest BCUT2D eigenvalue weighted by molar-refractivity contribution is 8.20. The van der Waals surface area contributed by atoms with Crippen molar-refractivity contribution in [2.45, 2.75) is 18.4 Å². The molecule has 1 aliphatic rings. The van der Waals surface area contributed by atoms with Crippen LogP contribution >= 0.6 is 23.5 Å². The van der Waals surface area contributed by atoms with Gasteiger partial charge in [-0.05, 0) is 12.1 Å². The van der Waals surface area contributed by atoms with Crippen LogP contribution in [0, 0.1) is 5.41 Å². The van der Waals surface area contributed by atoms with Crippen LogP contribution in [-0.4, -0.2) is 22.7 Å². The van der Waals surface area contributed by atoms with E-state index in [1.807, 2.05) is 30.3 Å². The first-order valence-corrected chi connectivity index (χ1v) is 7.69. The predicted octanol–water partition coefficient (Wildman–Crippen LogP) is 3.90. The van der Waals surface area contributed by atoms with Gasteiger partial charge in [-0.1, -0.05) is 32.0 Å². The lowest BCUT2D eigenvalue weighted by Gasteiger charge is -2.29. The zero-order chi connectivity index (χ0) is 11.4. The summed E-state index contributed by atoms with van der Waals surface area (Å²) in [5.41, 5.74) is 0.238. The van der Waals surface area contributed by atoms with Crippen molar-refractivity contribution in [1.82, 2.24) is 0 Å². The fourth-order valence-corrected chi connectivity index (χ4v) is 4.86. The zero-order valence-electron chi connectivity index (χ0n) is 9.81. The molecule has 1 aromatic rings. The van der Waals surface area contributed by atoms with Crippen LogP contribution in [0.15, 0.2) is 30.3 Å². The minimum absolute atomic E-state index is 0.238. The lowest BCUT2D eigenvalue weighted by molar-refractivity contribution is 0.195. The molecule has 1 aromatic carbocycles. The molecular formula is C13H18OS2. The average Bonchev–Trinajstić information content (AvgIpc) is 2.82. The lowest BCUT2D eigenvalue weighted by atomic mass is 9.97. The number of hydrogen-bond donors (Lipinski definition) is 0. The van der Waals surface area contributed by atoms with Gasteiger partial charge in [0.2, 0.25) is 0 Å². The van der Waals surface area contributed by atoms with E-state index in [0.29, 0.717) is 4.58 Å². The van der Waals surface area contributed by atoms with Crippen LogP contribution in [-0.2, 0) is 0 Å². The maximum Gasteiger partial charge on any atom is 0.119 e. The van der Waals surface area contributed by atoms with Gasteiger partial charge in [0.05, 0.1) is 11.2 Å². The van der Waals surface area contributed by atoms with Gasteiger partial charge in [-0.25, -0.2) is 0 Å². The Bertz CT molecular complexity index is 318. The lowest BCUT2D eigenvalue weighted by Crippen LogP contribution is -2.29. The molecule has 16 heavy (non-hydrogen) atoms. The number of ether oxygens (including phenoxy) is 1. The maximum atomic E-state index is 5.86. The molecule has 0 bridgehead atoms. The quantitative estimate of drug-likeness (QED) is 0.806. The number of rotatable bonds is 4. The van der Waals surface area contributed by atoms with Gasteiger partial charge in [0.25, 0.3) is 0 Å². The molecule has 0 amide bonds.